The number of nitrogens with one attached hydrogen (secondary N) is 1. The predicted molar refractivity (Wildman–Crippen MR) is 156 cm³/mol. The SMILES string of the molecule is Cc1ccc(-c2cnc3ccc(-c4ccc(C(=O)Nc5ccc(N6CCC(C)CC6)cc5)cc4)cn23)cc1. The molecule has 5 heteroatoms. The maximum atomic E-state index is 12.9. The average Bonchev–Trinajstić information content (AvgIpc) is 3.38. The highest BCUT2D eigenvalue weighted by molar-refractivity contribution is 6.04. The van der Waals surface area contributed by atoms with Crippen molar-refractivity contribution < 1.29 is 4.79 Å². The van der Waals surface area contributed by atoms with Crippen molar-refractivity contribution in [1.29, 1.82) is 0 Å². The fraction of sp³-hybridized carbons (Fsp3) is 0.212. The molecule has 2 aromatic heterocycles. The van der Waals surface area contributed by atoms with Gasteiger partial charge in [-0.1, -0.05) is 48.9 Å². The van der Waals surface area contributed by atoms with Gasteiger partial charge in [-0.2, -0.15) is 0 Å². The number of pyridine rings is 1. The number of aryl methyl sites for hydroxylation is 1. The molecule has 190 valence electrons. The molecule has 3 aromatic carbocycles. The smallest absolute Gasteiger partial charge is 0.255 e. The van der Waals surface area contributed by atoms with Crippen LogP contribution in [-0.4, -0.2) is 28.4 Å². The van der Waals surface area contributed by atoms with Crippen LogP contribution in [0.2, 0.25) is 0 Å². The summed E-state index contributed by atoms with van der Waals surface area (Å²) in [4.78, 5) is 19.9. The first kappa shape index (κ1) is 24.0. The minimum Gasteiger partial charge on any atom is -0.372 e. The standard InChI is InChI=1S/C33H32N4O/c1-23-3-5-26(6-4-23)31-21-34-32-16-11-28(22-37(31)32)25-7-9-27(10-8-25)33(38)35-29-12-14-30(15-13-29)36-19-17-24(2)18-20-36/h3-16,21-22,24H,17-20H2,1-2H3,(H,35,38). The number of carbonyl (C=O) groups is 1. The van der Waals surface area contributed by atoms with Crippen LogP contribution < -0.4 is 10.2 Å². The zero-order valence-electron chi connectivity index (χ0n) is 21.9. The Hall–Kier alpha value is -4.38. The van der Waals surface area contributed by atoms with Crippen molar-refractivity contribution in [2.75, 3.05) is 23.3 Å². The number of imidazole rings is 1. The van der Waals surface area contributed by atoms with Crippen LogP contribution in [0.15, 0.2) is 97.3 Å². The lowest BCUT2D eigenvalue weighted by molar-refractivity contribution is 0.102. The summed E-state index contributed by atoms with van der Waals surface area (Å²) in [6.07, 6.45) is 6.49. The highest BCUT2D eigenvalue weighted by Gasteiger charge is 2.16. The molecule has 0 spiro atoms. The number of benzene rings is 3. The molecule has 1 amide bonds. The second-order valence-electron chi connectivity index (χ2n) is 10.4. The number of amides is 1. The number of hydrogen-bond acceptors (Lipinski definition) is 3. The van der Waals surface area contributed by atoms with Gasteiger partial charge in [0.2, 0.25) is 0 Å². The highest BCUT2D eigenvalue weighted by Crippen LogP contribution is 2.27. The van der Waals surface area contributed by atoms with Gasteiger partial charge in [0.1, 0.15) is 5.65 Å². The first-order valence-electron chi connectivity index (χ1n) is 13.3. The Bertz CT molecular complexity index is 1560. The van der Waals surface area contributed by atoms with E-state index in [9.17, 15) is 4.79 Å². The summed E-state index contributed by atoms with van der Waals surface area (Å²) in [5.74, 6) is 0.698. The van der Waals surface area contributed by atoms with Crippen molar-refractivity contribution in [1.82, 2.24) is 9.38 Å². The second kappa shape index (κ2) is 10.2. The zero-order chi connectivity index (χ0) is 26.1. The Morgan fingerprint density at radius 2 is 1.47 bits per heavy atom. The van der Waals surface area contributed by atoms with Crippen LogP contribution in [0.1, 0.15) is 35.7 Å². The van der Waals surface area contributed by atoms with Gasteiger partial charge in [-0.3, -0.25) is 9.20 Å². The molecule has 0 radical (unpaired) electrons. The van der Waals surface area contributed by atoms with Crippen LogP contribution in [0, 0.1) is 12.8 Å². The second-order valence-corrected chi connectivity index (χ2v) is 10.4. The summed E-state index contributed by atoms with van der Waals surface area (Å²) in [7, 11) is 0. The lowest BCUT2D eigenvalue weighted by atomic mass is 9.99. The lowest BCUT2D eigenvalue weighted by Gasteiger charge is -2.32. The molecule has 0 unspecified atom stereocenters. The van der Waals surface area contributed by atoms with Crippen LogP contribution in [-0.2, 0) is 0 Å². The summed E-state index contributed by atoms with van der Waals surface area (Å²) in [5.41, 5.74) is 9.10. The molecule has 38 heavy (non-hydrogen) atoms. The van der Waals surface area contributed by atoms with Crippen molar-refractivity contribution in [3.8, 4) is 22.4 Å². The first-order valence-corrected chi connectivity index (χ1v) is 13.3. The molecule has 3 heterocycles. The number of hydrogen-bond donors (Lipinski definition) is 1. The number of aromatic nitrogens is 2. The number of anilines is 2. The van der Waals surface area contributed by atoms with E-state index in [4.69, 9.17) is 0 Å². The van der Waals surface area contributed by atoms with E-state index in [0.29, 0.717) is 5.56 Å². The van der Waals surface area contributed by atoms with E-state index in [1.807, 2.05) is 48.7 Å². The van der Waals surface area contributed by atoms with E-state index >= 15 is 0 Å². The topological polar surface area (TPSA) is 49.6 Å². The number of piperidine rings is 1. The Morgan fingerprint density at radius 3 is 2.18 bits per heavy atom. The predicted octanol–water partition coefficient (Wildman–Crippen LogP) is 7.47. The van der Waals surface area contributed by atoms with Crippen LogP contribution in [0.25, 0.3) is 28.0 Å². The van der Waals surface area contributed by atoms with Gasteiger partial charge in [-0.15, -0.1) is 0 Å². The van der Waals surface area contributed by atoms with Crippen LogP contribution in [0.3, 0.4) is 0 Å². The summed E-state index contributed by atoms with van der Waals surface area (Å²) < 4.78 is 2.12. The van der Waals surface area contributed by atoms with E-state index in [1.54, 1.807) is 0 Å². The first-order chi connectivity index (χ1) is 18.5. The molecule has 6 rings (SSSR count). The fourth-order valence-electron chi connectivity index (χ4n) is 5.13. The third-order valence-electron chi connectivity index (χ3n) is 7.61. The number of fused-ring (bicyclic) bond motifs is 1. The molecule has 5 nitrogen and oxygen atoms in total. The molecule has 0 bridgehead atoms. The third-order valence-corrected chi connectivity index (χ3v) is 7.61. The number of carbonyl (C=O) groups excluding carboxylic acids is 1. The molecular formula is C33H32N4O. The molecule has 1 fully saturated rings. The van der Waals surface area contributed by atoms with Gasteiger partial charge in [0.15, 0.2) is 0 Å². The fourth-order valence-corrected chi connectivity index (χ4v) is 5.13. The minimum atomic E-state index is -0.109. The van der Waals surface area contributed by atoms with Gasteiger partial charge >= 0.3 is 0 Å². The highest BCUT2D eigenvalue weighted by atomic mass is 16.1. The Labute approximate surface area is 223 Å². The van der Waals surface area contributed by atoms with Crippen LogP contribution in [0.4, 0.5) is 11.4 Å². The summed E-state index contributed by atoms with van der Waals surface area (Å²) >= 11 is 0. The molecule has 0 atom stereocenters. The van der Waals surface area contributed by atoms with Crippen LogP contribution >= 0.6 is 0 Å². The number of rotatable bonds is 5. The van der Waals surface area contributed by atoms with E-state index in [2.05, 4.69) is 82.1 Å². The lowest BCUT2D eigenvalue weighted by Crippen LogP contribution is -2.32. The monoisotopic (exact) mass is 500 g/mol. The van der Waals surface area contributed by atoms with Crippen molar-refractivity contribution in [2.45, 2.75) is 26.7 Å². The summed E-state index contributed by atoms with van der Waals surface area (Å²) in [6, 6.07) is 28.5. The van der Waals surface area contributed by atoms with Gasteiger partial charge in [0.05, 0.1) is 11.9 Å². The molecule has 1 saturated heterocycles. The van der Waals surface area contributed by atoms with E-state index in [0.717, 1.165) is 52.7 Å². The maximum Gasteiger partial charge on any atom is 0.255 e. The molecule has 1 aliphatic heterocycles. The van der Waals surface area contributed by atoms with Gasteiger partial charge in [0, 0.05) is 41.8 Å². The summed E-state index contributed by atoms with van der Waals surface area (Å²) in [5, 5.41) is 3.04. The number of nitrogens with zero attached hydrogens (tertiary/aromatic N) is 3. The minimum absolute atomic E-state index is 0.109. The summed E-state index contributed by atoms with van der Waals surface area (Å²) in [6.45, 7) is 6.61. The van der Waals surface area contributed by atoms with Gasteiger partial charge in [-0.05, 0) is 85.3 Å². The van der Waals surface area contributed by atoms with E-state index in [1.165, 1.54) is 24.1 Å². The van der Waals surface area contributed by atoms with E-state index in [-0.39, 0.29) is 5.91 Å². The molecule has 5 aromatic rings. The quantitative estimate of drug-likeness (QED) is 0.272. The van der Waals surface area contributed by atoms with Crippen molar-refractivity contribution in [3.05, 3.63) is 108 Å². The zero-order valence-corrected chi connectivity index (χ0v) is 21.9. The molecular weight excluding hydrogens is 468 g/mol. The molecule has 1 N–H and O–H groups in total. The molecule has 0 aliphatic carbocycles. The Morgan fingerprint density at radius 1 is 0.816 bits per heavy atom. The van der Waals surface area contributed by atoms with Crippen molar-refractivity contribution in [2.24, 2.45) is 5.92 Å². The van der Waals surface area contributed by atoms with Gasteiger partial charge in [0.25, 0.3) is 5.91 Å². The average molecular weight is 501 g/mol. The molecule has 0 saturated carbocycles. The normalized spacial score (nSPS) is 14.1. The molecule has 1 aliphatic rings. The van der Waals surface area contributed by atoms with E-state index < -0.39 is 0 Å². The maximum absolute atomic E-state index is 12.9. The largest absolute Gasteiger partial charge is 0.372 e. The van der Waals surface area contributed by atoms with Crippen LogP contribution in [0.5, 0.6) is 0 Å². The Kier molecular flexibility index (Phi) is 6.42. The Balaban J connectivity index is 1.16. The van der Waals surface area contributed by atoms with Gasteiger partial charge < -0.3 is 10.2 Å². The van der Waals surface area contributed by atoms with Gasteiger partial charge in [-0.25, -0.2) is 4.98 Å². The van der Waals surface area contributed by atoms with Crippen molar-refractivity contribution in [3.63, 3.8) is 0 Å². The third kappa shape index (κ3) is 4.92. The van der Waals surface area contributed by atoms with Crippen molar-refractivity contribution >= 4 is 22.9 Å².